The lowest BCUT2D eigenvalue weighted by Crippen LogP contribution is -1.89. The largest absolute Gasteiger partial charge is 0.457 e. The summed E-state index contributed by atoms with van der Waals surface area (Å²) in [6.45, 7) is 2.14. The molecule has 0 bridgehead atoms. The van der Waals surface area contributed by atoms with Crippen LogP contribution in [0.1, 0.15) is 19.0 Å². The van der Waals surface area contributed by atoms with Crippen molar-refractivity contribution in [3.63, 3.8) is 0 Å². The van der Waals surface area contributed by atoms with E-state index in [2.05, 4.69) is 18.0 Å². The van der Waals surface area contributed by atoms with Crippen LogP contribution in [-0.2, 0) is 6.42 Å². The molecule has 0 spiro atoms. The van der Waals surface area contributed by atoms with Crippen molar-refractivity contribution in [3.8, 4) is 33.3 Å². The van der Waals surface area contributed by atoms with E-state index in [1.807, 2.05) is 41.9 Å². The Bertz CT molecular complexity index is 1160. The zero-order valence-electron chi connectivity index (χ0n) is 16.3. The second-order valence-corrected chi connectivity index (χ2v) is 7.56. The first kappa shape index (κ1) is 19.7. The maximum absolute atomic E-state index is 10.7. The molecule has 150 valence electrons. The topological polar surface area (TPSA) is 78.2 Å². The van der Waals surface area contributed by atoms with E-state index in [0.717, 1.165) is 40.4 Å². The molecule has 0 aliphatic rings. The first-order valence-corrected chi connectivity index (χ1v) is 10.4. The Morgan fingerprint density at radius 2 is 1.70 bits per heavy atom. The molecule has 4 aromatic rings. The highest BCUT2D eigenvalue weighted by Crippen LogP contribution is 2.31. The molecule has 0 saturated heterocycles. The number of benzene rings is 2. The van der Waals surface area contributed by atoms with Crippen LogP contribution in [0.15, 0.2) is 72.2 Å². The lowest BCUT2D eigenvalue weighted by molar-refractivity contribution is -0.384. The molecule has 7 heteroatoms. The molecule has 0 amide bonds. The molecule has 2 aromatic carbocycles. The number of pyridine rings is 1. The predicted octanol–water partition coefficient (Wildman–Crippen LogP) is 6.53. The Hall–Kier alpha value is -3.58. The van der Waals surface area contributed by atoms with Crippen LogP contribution in [0.5, 0.6) is 11.5 Å². The number of hydrogen-bond acceptors (Lipinski definition) is 6. The van der Waals surface area contributed by atoms with Crippen molar-refractivity contribution in [1.29, 1.82) is 0 Å². The summed E-state index contributed by atoms with van der Waals surface area (Å²) in [4.78, 5) is 19.5. The SMILES string of the molecule is CCCc1cc(-c2nc(-c3ccc(Oc4ccc([N+](=O)[O-])cc4)cc3)cs2)ccn1. The number of hydrogen-bond donors (Lipinski definition) is 0. The summed E-state index contributed by atoms with van der Waals surface area (Å²) in [5.74, 6) is 1.20. The molecule has 6 nitrogen and oxygen atoms in total. The lowest BCUT2D eigenvalue weighted by atomic mass is 10.1. The number of thiazole rings is 1. The quantitative estimate of drug-likeness (QED) is 0.252. The Kier molecular flexibility index (Phi) is 5.81. The van der Waals surface area contributed by atoms with Crippen LogP contribution >= 0.6 is 11.3 Å². The first-order valence-electron chi connectivity index (χ1n) is 9.56. The van der Waals surface area contributed by atoms with E-state index in [1.165, 1.54) is 12.1 Å². The van der Waals surface area contributed by atoms with Gasteiger partial charge in [-0.2, -0.15) is 0 Å². The normalized spacial score (nSPS) is 10.7. The molecule has 0 atom stereocenters. The second kappa shape index (κ2) is 8.84. The molecule has 4 rings (SSSR count). The van der Waals surface area contributed by atoms with Crippen molar-refractivity contribution in [2.75, 3.05) is 0 Å². The van der Waals surface area contributed by atoms with E-state index in [4.69, 9.17) is 9.72 Å². The van der Waals surface area contributed by atoms with Crippen LogP contribution in [0.25, 0.3) is 21.8 Å². The number of aromatic nitrogens is 2. The molecule has 0 radical (unpaired) electrons. The lowest BCUT2D eigenvalue weighted by Gasteiger charge is -2.06. The van der Waals surface area contributed by atoms with E-state index in [1.54, 1.807) is 23.5 Å². The molecule has 0 fully saturated rings. The van der Waals surface area contributed by atoms with Gasteiger partial charge in [-0.15, -0.1) is 11.3 Å². The summed E-state index contributed by atoms with van der Waals surface area (Å²) >= 11 is 1.61. The number of aryl methyl sites for hydroxylation is 1. The zero-order valence-corrected chi connectivity index (χ0v) is 17.1. The fourth-order valence-electron chi connectivity index (χ4n) is 3.01. The second-order valence-electron chi connectivity index (χ2n) is 6.70. The molecular weight excluding hydrogens is 398 g/mol. The van der Waals surface area contributed by atoms with E-state index in [0.29, 0.717) is 11.5 Å². The van der Waals surface area contributed by atoms with Crippen molar-refractivity contribution in [2.45, 2.75) is 19.8 Å². The van der Waals surface area contributed by atoms with E-state index in [-0.39, 0.29) is 5.69 Å². The summed E-state index contributed by atoms with van der Waals surface area (Å²) in [7, 11) is 0. The maximum Gasteiger partial charge on any atom is 0.269 e. The van der Waals surface area contributed by atoms with Crippen LogP contribution in [0.3, 0.4) is 0 Å². The molecule has 0 N–H and O–H groups in total. The molecule has 0 saturated carbocycles. The standard InChI is InChI=1S/C23H19N3O3S/c1-2-3-18-14-17(12-13-24-18)23-25-22(15-30-23)16-4-8-20(9-5-16)29-21-10-6-19(7-11-21)26(27)28/h4-15H,2-3H2,1H3. The number of non-ortho nitro benzene ring substituents is 1. The van der Waals surface area contributed by atoms with E-state index >= 15 is 0 Å². The van der Waals surface area contributed by atoms with Crippen molar-refractivity contribution in [3.05, 3.63) is 88.0 Å². The van der Waals surface area contributed by atoms with Gasteiger partial charge in [-0.1, -0.05) is 13.3 Å². The number of nitro benzene ring substituents is 1. The van der Waals surface area contributed by atoms with Gasteiger partial charge in [0.2, 0.25) is 0 Å². The molecule has 0 unspecified atom stereocenters. The summed E-state index contributed by atoms with van der Waals surface area (Å²) in [5.41, 5.74) is 4.11. The minimum absolute atomic E-state index is 0.0352. The Morgan fingerprint density at radius 1 is 1.00 bits per heavy atom. The van der Waals surface area contributed by atoms with Crippen molar-refractivity contribution in [2.24, 2.45) is 0 Å². The van der Waals surface area contributed by atoms with Crippen LogP contribution in [0.2, 0.25) is 0 Å². The Labute approximate surface area is 178 Å². The van der Waals surface area contributed by atoms with E-state index < -0.39 is 4.92 Å². The summed E-state index contributed by atoms with van der Waals surface area (Å²) in [6.07, 6.45) is 3.86. The molecule has 2 heterocycles. The molecule has 30 heavy (non-hydrogen) atoms. The molecule has 0 aliphatic carbocycles. The number of rotatable bonds is 7. The highest BCUT2D eigenvalue weighted by Gasteiger charge is 2.09. The Balaban J connectivity index is 1.48. The maximum atomic E-state index is 10.7. The van der Waals surface area contributed by atoms with Crippen molar-refractivity contribution < 1.29 is 9.66 Å². The third-order valence-electron chi connectivity index (χ3n) is 4.51. The molecule has 0 aliphatic heterocycles. The minimum Gasteiger partial charge on any atom is -0.457 e. The highest BCUT2D eigenvalue weighted by atomic mass is 32.1. The van der Waals surface area contributed by atoms with Gasteiger partial charge in [0, 0.05) is 40.5 Å². The summed E-state index contributed by atoms with van der Waals surface area (Å²) in [6, 6.07) is 17.7. The van der Waals surface area contributed by atoms with Gasteiger partial charge in [0.15, 0.2) is 0 Å². The average molecular weight is 417 g/mol. The first-order chi connectivity index (χ1) is 14.6. The van der Waals surface area contributed by atoms with Gasteiger partial charge in [-0.05, 0) is 55.0 Å². The summed E-state index contributed by atoms with van der Waals surface area (Å²) in [5, 5.41) is 13.7. The number of nitrogens with zero attached hydrogens (tertiary/aromatic N) is 3. The fourth-order valence-corrected chi connectivity index (χ4v) is 3.83. The van der Waals surface area contributed by atoms with Crippen LogP contribution in [0.4, 0.5) is 5.69 Å². The summed E-state index contributed by atoms with van der Waals surface area (Å²) < 4.78 is 5.77. The number of nitro groups is 1. The van der Waals surface area contributed by atoms with Gasteiger partial charge in [-0.3, -0.25) is 15.1 Å². The monoisotopic (exact) mass is 417 g/mol. The van der Waals surface area contributed by atoms with Gasteiger partial charge in [0.1, 0.15) is 16.5 Å². The van der Waals surface area contributed by atoms with Gasteiger partial charge >= 0.3 is 0 Å². The Morgan fingerprint density at radius 3 is 2.37 bits per heavy atom. The molecule has 2 aromatic heterocycles. The van der Waals surface area contributed by atoms with Crippen molar-refractivity contribution in [1.82, 2.24) is 9.97 Å². The van der Waals surface area contributed by atoms with Crippen LogP contribution < -0.4 is 4.74 Å². The predicted molar refractivity (Wildman–Crippen MR) is 118 cm³/mol. The smallest absolute Gasteiger partial charge is 0.269 e. The van der Waals surface area contributed by atoms with Gasteiger partial charge in [0.25, 0.3) is 5.69 Å². The van der Waals surface area contributed by atoms with Crippen LogP contribution in [-0.4, -0.2) is 14.9 Å². The fraction of sp³-hybridized carbons (Fsp3) is 0.130. The highest BCUT2D eigenvalue weighted by molar-refractivity contribution is 7.13. The van der Waals surface area contributed by atoms with Crippen LogP contribution in [0, 0.1) is 10.1 Å². The van der Waals surface area contributed by atoms with Gasteiger partial charge < -0.3 is 4.74 Å². The van der Waals surface area contributed by atoms with Crippen molar-refractivity contribution >= 4 is 17.0 Å². The van der Waals surface area contributed by atoms with Gasteiger partial charge in [-0.25, -0.2) is 4.98 Å². The average Bonchev–Trinajstić information content (AvgIpc) is 3.25. The molecular formula is C23H19N3O3S. The van der Waals surface area contributed by atoms with E-state index in [9.17, 15) is 10.1 Å². The zero-order chi connectivity index (χ0) is 20.9. The number of ether oxygens (including phenoxy) is 1. The minimum atomic E-state index is -0.433. The van der Waals surface area contributed by atoms with Gasteiger partial charge in [0.05, 0.1) is 10.6 Å². The third-order valence-corrected chi connectivity index (χ3v) is 5.40. The third kappa shape index (κ3) is 4.52.